The first-order valence-electron chi connectivity index (χ1n) is 10.9. The fourth-order valence-electron chi connectivity index (χ4n) is 3.35. The summed E-state index contributed by atoms with van der Waals surface area (Å²) in [7, 11) is 0. The summed E-state index contributed by atoms with van der Waals surface area (Å²) in [5.74, 6) is 7.53. The lowest BCUT2D eigenvalue weighted by Gasteiger charge is -2.07. The molecule has 0 unspecified atom stereocenters. The van der Waals surface area contributed by atoms with Crippen LogP contribution < -0.4 is 5.32 Å². The molecule has 0 aliphatic carbocycles. The Morgan fingerprint density at radius 2 is 1.88 bits per heavy atom. The van der Waals surface area contributed by atoms with Crippen LogP contribution in [0.25, 0.3) is 11.3 Å². The van der Waals surface area contributed by atoms with Gasteiger partial charge in [0.1, 0.15) is 17.6 Å². The van der Waals surface area contributed by atoms with Crippen LogP contribution >= 0.6 is 0 Å². The summed E-state index contributed by atoms with van der Waals surface area (Å²) in [6, 6.07) is 15.6. The number of aliphatic hydroxyl groups is 1. The molecule has 4 rings (SSSR count). The molecule has 34 heavy (non-hydrogen) atoms. The van der Waals surface area contributed by atoms with Crippen LogP contribution in [-0.4, -0.2) is 31.3 Å². The van der Waals surface area contributed by atoms with Crippen LogP contribution in [0.4, 0.5) is 0 Å². The van der Waals surface area contributed by atoms with E-state index in [0.29, 0.717) is 37.6 Å². The summed E-state index contributed by atoms with van der Waals surface area (Å²) in [6.07, 6.45) is 5.04. The lowest BCUT2D eigenvalue weighted by atomic mass is 10.1. The molecule has 3 heterocycles. The highest BCUT2D eigenvalue weighted by atomic mass is 16.5. The normalized spacial score (nSPS) is 11.4. The van der Waals surface area contributed by atoms with E-state index in [9.17, 15) is 5.11 Å². The van der Waals surface area contributed by atoms with E-state index in [1.54, 1.807) is 25.5 Å². The van der Waals surface area contributed by atoms with E-state index < -0.39 is 6.10 Å². The number of nitrogens with zero attached hydrogens (tertiary/aromatic N) is 5. The molecule has 0 fully saturated rings. The molecule has 8 heteroatoms. The number of nitrogens with one attached hydrogen (secondary N) is 1. The maximum atomic E-state index is 9.80. The predicted octanol–water partition coefficient (Wildman–Crippen LogP) is 3.44. The molecule has 0 spiro atoms. The molecular formula is C26H24N6O2. The quantitative estimate of drug-likeness (QED) is 0.311. The summed E-state index contributed by atoms with van der Waals surface area (Å²) in [5, 5.41) is 25.7. The van der Waals surface area contributed by atoms with Gasteiger partial charge >= 0.3 is 0 Å². The largest absolute Gasteiger partial charge is 0.385 e. The number of hydrogen-bond donors (Lipinski definition) is 2. The number of imidazole rings is 1. The van der Waals surface area contributed by atoms with Crippen LogP contribution in [0.1, 0.15) is 47.8 Å². The molecule has 0 radical (unpaired) electrons. The van der Waals surface area contributed by atoms with Gasteiger partial charge < -0.3 is 19.5 Å². The molecule has 8 nitrogen and oxygen atoms in total. The topological polar surface area (TPSA) is 113 Å². The Balaban J connectivity index is 1.37. The lowest BCUT2D eigenvalue weighted by molar-refractivity contribution is 0.184. The SMILES string of the molecule is C[C@H](O)c1nccn1Cc1cc(-c2ccc(C#Cc3ccc(CNCCC#N)nc3)cc2)on1. The average Bonchev–Trinajstić information content (AvgIpc) is 3.52. The standard InChI is InChI=1S/C26H24N6O2/c1-19(33)26-29-13-14-32(26)18-24-15-25(34-31-24)22-8-5-20(6-9-22)3-4-21-7-10-23(30-16-21)17-28-12-2-11-27/h5-10,13-16,19,28,33H,2,12,17-18H2,1H3/t19-/m0/s1. The molecule has 0 saturated heterocycles. The summed E-state index contributed by atoms with van der Waals surface area (Å²) in [5.41, 5.74) is 4.27. The van der Waals surface area contributed by atoms with E-state index in [0.717, 1.165) is 28.1 Å². The van der Waals surface area contributed by atoms with E-state index in [2.05, 4.69) is 38.4 Å². The van der Waals surface area contributed by atoms with Gasteiger partial charge in [0, 0.05) is 60.9 Å². The molecule has 0 bridgehead atoms. The van der Waals surface area contributed by atoms with Gasteiger partial charge in [-0.05, 0) is 43.3 Å². The van der Waals surface area contributed by atoms with Gasteiger partial charge in [0.25, 0.3) is 0 Å². The van der Waals surface area contributed by atoms with Crippen molar-refractivity contribution in [3.05, 3.63) is 89.4 Å². The van der Waals surface area contributed by atoms with E-state index >= 15 is 0 Å². The minimum absolute atomic E-state index is 0.468. The average molecular weight is 453 g/mol. The van der Waals surface area contributed by atoms with E-state index in [1.165, 1.54) is 0 Å². The monoisotopic (exact) mass is 452 g/mol. The molecular weight excluding hydrogens is 428 g/mol. The van der Waals surface area contributed by atoms with Crippen molar-refractivity contribution in [3.8, 4) is 29.2 Å². The molecule has 0 saturated carbocycles. The Labute approximate surface area is 197 Å². The molecule has 0 aliphatic rings. The van der Waals surface area contributed by atoms with Crippen LogP contribution in [0.3, 0.4) is 0 Å². The number of benzene rings is 1. The fourth-order valence-corrected chi connectivity index (χ4v) is 3.35. The van der Waals surface area contributed by atoms with Crippen molar-refractivity contribution in [3.63, 3.8) is 0 Å². The van der Waals surface area contributed by atoms with Gasteiger partial charge in [-0.3, -0.25) is 4.98 Å². The predicted molar refractivity (Wildman–Crippen MR) is 126 cm³/mol. The highest BCUT2D eigenvalue weighted by molar-refractivity contribution is 5.59. The summed E-state index contributed by atoms with van der Waals surface area (Å²) in [6.45, 7) is 3.43. The lowest BCUT2D eigenvalue weighted by Crippen LogP contribution is -2.14. The van der Waals surface area contributed by atoms with Crippen LogP contribution in [0.15, 0.2) is 65.6 Å². The Hall–Kier alpha value is -4.24. The first kappa shape index (κ1) is 22.9. The first-order valence-corrected chi connectivity index (χ1v) is 10.9. The second kappa shape index (κ2) is 11.1. The number of pyridine rings is 1. The summed E-state index contributed by atoms with van der Waals surface area (Å²) < 4.78 is 7.36. The summed E-state index contributed by atoms with van der Waals surface area (Å²) >= 11 is 0. The number of aromatic nitrogens is 4. The number of rotatable bonds is 8. The molecule has 0 aliphatic heterocycles. The van der Waals surface area contributed by atoms with Gasteiger partial charge in [-0.2, -0.15) is 5.26 Å². The van der Waals surface area contributed by atoms with E-state index in [4.69, 9.17) is 9.78 Å². The second-order valence-electron chi connectivity index (χ2n) is 7.72. The molecule has 2 N–H and O–H groups in total. The van der Waals surface area contributed by atoms with Gasteiger partial charge in [0.05, 0.1) is 18.3 Å². The third kappa shape index (κ3) is 5.96. The van der Waals surface area contributed by atoms with Crippen LogP contribution in [0.2, 0.25) is 0 Å². The van der Waals surface area contributed by atoms with Gasteiger partial charge in [-0.25, -0.2) is 4.98 Å². The zero-order valence-corrected chi connectivity index (χ0v) is 18.8. The maximum absolute atomic E-state index is 9.80. The minimum Gasteiger partial charge on any atom is -0.385 e. The van der Waals surface area contributed by atoms with Crippen molar-refractivity contribution in [1.82, 2.24) is 25.0 Å². The highest BCUT2D eigenvalue weighted by Gasteiger charge is 2.12. The highest BCUT2D eigenvalue weighted by Crippen LogP contribution is 2.22. The Kier molecular flexibility index (Phi) is 7.46. The maximum Gasteiger partial charge on any atom is 0.167 e. The van der Waals surface area contributed by atoms with Crippen molar-refractivity contribution in [2.45, 2.75) is 32.5 Å². The fraction of sp³-hybridized carbons (Fsp3) is 0.231. The van der Waals surface area contributed by atoms with Crippen LogP contribution in [0, 0.1) is 23.2 Å². The van der Waals surface area contributed by atoms with Crippen molar-refractivity contribution in [1.29, 1.82) is 5.26 Å². The van der Waals surface area contributed by atoms with Crippen molar-refractivity contribution >= 4 is 0 Å². The Morgan fingerprint density at radius 3 is 2.62 bits per heavy atom. The van der Waals surface area contributed by atoms with E-state index in [1.807, 2.05) is 47.0 Å². The zero-order valence-electron chi connectivity index (χ0n) is 18.8. The van der Waals surface area contributed by atoms with Crippen molar-refractivity contribution in [2.75, 3.05) is 6.54 Å². The number of hydrogen-bond acceptors (Lipinski definition) is 7. The van der Waals surface area contributed by atoms with E-state index in [-0.39, 0.29) is 0 Å². The van der Waals surface area contributed by atoms with Gasteiger partial charge in [0.15, 0.2) is 5.76 Å². The minimum atomic E-state index is -0.652. The zero-order chi connectivity index (χ0) is 23.8. The molecule has 170 valence electrons. The van der Waals surface area contributed by atoms with Gasteiger partial charge in [0.2, 0.25) is 0 Å². The molecule has 4 aromatic rings. The van der Waals surface area contributed by atoms with Crippen LogP contribution in [0.5, 0.6) is 0 Å². The Morgan fingerprint density at radius 1 is 1.09 bits per heavy atom. The first-order chi connectivity index (χ1) is 16.6. The number of nitriles is 1. The number of aliphatic hydroxyl groups excluding tert-OH is 1. The molecule has 3 aromatic heterocycles. The molecule has 1 aromatic carbocycles. The Bertz CT molecular complexity index is 1320. The third-order valence-corrected chi connectivity index (χ3v) is 5.08. The van der Waals surface area contributed by atoms with Gasteiger partial charge in [-0.1, -0.05) is 17.0 Å². The smallest absolute Gasteiger partial charge is 0.167 e. The van der Waals surface area contributed by atoms with Crippen molar-refractivity contribution < 1.29 is 9.63 Å². The van der Waals surface area contributed by atoms with Crippen LogP contribution in [-0.2, 0) is 13.1 Å². The van der Waals surface area contributed by atoms with Crippen molar-refractivity contribution in [2.24, 2.45) is 0 Å². The molecule has 1 atom stereocenters. The molecule has 0 amide bonds. The third-order valence-electron chi connectivity index (χ3n) is 5.08. The summed E-state index contributed by atoms with van der Waals surface area (Å²) in [4.78, 5) is 8.57. The van der Waals surface area contributed by atoms with Gasteiger partial charge in [-0.15, -0.1) is 0 Å². The second-order valence-corrected chi connectivity index (χ2v) is 7.72.